The Kier molecular flexibility index (Phi) is 4.87. The molecule has 0 spiro atoms. The van der Waals surface area contributed by atoms with Crippen molar-refractivity contribution in [1.82, 2.24) is 14.7 Å². The van der Waals surface area contributed by atoms with Gasteiger partial charge >= 0.3 is 12.1 Å². The Morgan fingerprint density at radius 1 is 1.00 bits per heavy atom. The summed E-state index contributed by atoms with van der Waals surface area (Å²) in [5, 5.41) is 0. The number of amides is 3. The number of ether oxygens (including phenoxy) is 1. The summed E-state index contributed by atoms with van der Waals surface area (Å²) < 4.78 is 5.38. The molecule has 0 N–H and O–H groups in total. The van der Waals surface area contributed by atoms with Crippen molar-refractivity contribution < 1.29 is 14.3 Å². The second-order valence-corrected chi connectivity index (χ2v) is 7.58. The molecule has 0 radical (unpaired) electrons. The molecule has 0 saturated carbocycles. The van der Waals surface area contributed by atoms with Gasteiger partial charge in [0.2, 0.25) is 0 Å². The SMILES string of the molecule is CC1CC(C)N(C(=O)N2CCN(C(=O)OC(C)(C)C)CC2)C1. The van der Waals surface area contributed by atoms with Gasteiger partial charge in [0, 0.05) is 38.8 Å². The van der Waals surface area contributed by atoms with Crippen molar-refractivity contribution in [3.63, 3.8) is 0 Å². The Labute approximate surface area is 133 Å². The summed E-state index contributed by atoms with van der Waals surface area (Å²) in [7, 11) is 0. The molecule has 0 aromatic rings. The van der Waals surface area contributed by atoms with E-state index < -0.39 is 5.60 Å². The first-order valence-corrected chi connectivity index (χ1v) is 8.21. The van der Waals surface area contributed by atoms with Crippen LogP contribution >= 0.6 is 0 Å². The van der Waals surface area contributed by atoms with Crippen molar-refractivity contribution >= 4 is 12.1 Å². The normalized spacial score (nSPS) is 26.3. The Bertz CT molecular complexity index is 425. The summed E-state index contributed by atoms with van der Waals surface area (Å²) in [5.41, 5.74) is -0.481. The van der Waals surface area contributed by atoms with Gasteiger partial charge in [-0.05, 0) is 40.0 Å². The van der Waals surface area contributed by atoms with Gasteiger partial charge in [-0.25, -0.2) is 9.59 Å². The van der Waals surface area contributed by atoms with Crippen molar-refractivity contribution in [2.75, 3.05) is 32.7 Å². The average molecular weight is 311 g/mol. The van der Waals surface area contributed by atoms with E-state index in [0.29, 0.717) is 38.1 Å². The van der Waals surface area contributed by atoms with E-state index >= 15 is 0 Å². The summed E-state index contributed by atoms with van der Waals surface area (Å²) in [6.07, 6.45) is 0.784. The van der Waals surface area contributed by atoms with Gasteiger partial charge in [0.05, 0.1) is 0 Å². The summed E-state index contributed by atoms with van der Waals surface area (Å²) in [6.45, 7) is 13.0. The number of piperazine rings is 1. The third-order valence-electron chi connectivity index (χ3n) is 4.23. The molecule has 2 heterocycles. The quantitative estimate of drug-likeness (QED) is 0.690. The molecule has 6 heteroatoms. The molecule has 0 aromatic carbocycles. The van der Waals surface area contributed by atoms with Gasteiger partial charge < -0.3 is 19.4 Å². The van der Waals surface area contributed by atoms with Crippen LogP contribution in [0, 0.1) is 5.92 Å². The number of nitrogens with zero attached hydrogens (tertiary/aromatic N) is 3. The molecule has 126 valence electrons. The van der Waals surface area contributed by atoms with E-state index in [1.54, 1.807) is 4.90 Å². The van der Waals surface area contributed by atoms with Crippen LogP contribution in [-0.4, -0.2) is 71.2 Å². The number of carbonyl (C=O) groups excluding carboxylic acids is 2. The minimum Gasteiger partial charge on any atom is -0.444 e. The van der Waals surface area contributed by atoms with E-state index in [1.807, 2.05) is 30.6 Å². The van der Waals surface area contributed by atoms with Gasteiger partial charge in [0.1, 0.15) is 5.60 Å². The van der Waals surface area contributed by atoms with Crippen LogP contribution in [0.15, 0.2) is 0 Å². The summed E-state index contributed by atoms with van der Waals surface area (Å²) in [6, 6.07) is 0.423. The van der Waals surface area contributed by atoms with E-state index in [9.17, 15) is 9.59 Å². The second kappa shape index (κ2) is 6.34. The van der Waals surface area contributed by atoms with Gasteiger partial charge in [-0.3, -0.25) is 0 Å². The third-order valence-corrected chi connectivity index (χ3v) is 4.23. The van der Waals surface area contributed by atoms with Crippen molar-refractivity contribution in [2.45, 2.75) is 52.7 Å². The first-order chi connectivity index (χ1) is 10.2. The van der Waals surface area contributed by atoms with Gasteiger partial charge in [-0.2, -0.15) is 0 Å². The number of urea groups is 1. The molecule has 2 aliphatic heterocycles. The molecule has 2 saturated heterocycles. The highest BCUT2D eigenvalue weighted by Crippen LogP contribution is 2.24. The van der Waals surface area contributed by atoms with E-state index in [4.69, 9.17) is 4.74 Å². The highest BCUT2D eigenvalue weighted by atomic mass is 16.6. The van der Waals surface area contributed by atoms with E-state index in [0.717, 1.165) is 13.0 Å². The average Bonchev–Trinajstić information content (AvgIpc) is 2.75. The lowest BCUT2D eigenvalue weighted by molar-refractivity contribution is 0.0156. The van der Waals surface area contributed by atoms with Gasteiger partial charge in [0.15, 0.2) is 0 Å². The fourth-order valence-electron chi connectivity index (χ4n) is 3.15. The van der Waals surface area contributed by atoms with Crippen molar-refractivity contribution in [3.8, 4) is 0 Å². The third kappa shape index (κ3) is 4.05. The van der Waals surface area contributed by atoms with Crippen molar-refractivity contribution in [3.05, 3.63) is 0 Å². The van der Waals surface area contributed by atoms with Crippen LogP contribution in [0.2, 0.25) is 0 Å². The monoisotopic (exact) mass is 311 g/mol. The van der Waals surface area contributed by atoms with Gasteiger partial charge in [-0.15, -0.1) is 0 Å². The summed E-state index contributed by atoms with van der Waals surface area (Å²) in [5.74, 6) is 0.571. The minimum atomic E-state index is -0.481. The van der Waals surface area contributed by atoms with Crippen LogP contribution < -0.4 is 0 Å². The largest absolute Gasteiger partial charge is 0.444 e. The highest BCUT2D eigenvalue weighted by Gasteiger charge is 2.34. The maximum Gasteiger partial charge on any atom is 0.410 e. The first-order valence-electron chi connectivity index (χ1n) is 8.21. The Morgan fingerprint density at radius 2 is 1.55 bits per heavy atom. The van der Waals surface area contributed by atoms with Gasteiger partial charge in [-0.1, -0.05) is 6.92 Å². The standard InChI is InChI=1S/C16H29N3O3/c1-12-10-13(2)19(11-12)14(20)17-6-8-18(9-7-17)15(21)22-16(3,4)5/h12-13H,6-11H2,1-5H3. The molecule has 2 atom stereocenters. The minimum absolute atomic E-state index is 0.112. The van der Waals surface area contributed by atoms with E-state index in [1.165, 1.54) is 0 Å². The zero-order valence-electron chi connectivity index (χ0n) is 14.5. The molecule has 0 aromatic heterocycles. The van der Waals surface area contributed by atoms with Crippen LogP contribution in [0.3, 0.4) is 0 Å². The van der Waals surface area contributed by atoms with Crippen LogP contribution in [0.25, 0.3) is 0 Å². The van der Waals surface area contributed by atoms with E-state index in [2.05, 4.69) is 13.8 Å². The molecule has 2 rings (SSSR count). The number of hydrogen-bond donors (Lipinski definition) is 0. The first kappa shape index (κ1) is 16.9. The topological polar surface area (TPSA) is 53.1 Å². The molecule has 2 fully saturated rings. The Morgan fingerprint density at radius 3 is 2.00 bits per heavy atom. The van der Waals surface area contributed by atoms with E-state index in [-0.39, 0.29) is 12.1 Å². The smallest absolute Gasteiger partial charge is 0.410 e. The molecule has 0 bridgehead atoms. The Hall–Kier alpha value is -1.46. The maximum atomic E-state index is 12.6. The van der Waals surface area contributed by atoms with Crippen LogP contribution in [0.1, 0.15) is 41.0 Å². The molecular weight excluding hydrogens is 282 g/mol. The molecule has 3 amide bonds. The zero-order valence-corrected chi connectivity index (χ0v) is 14.5. The number of carbonyl (C=O) groups is 2. The predicted molar refractivity (Wildman–Crippen MR) is 84.7 cm³/mol. The van der Waals surface area contributed by atoms with Crippen LogP contribution in [0.5, 0.6) is 0 Å². The number of rotatable bonds is 0. The second-order valence-electron chi connectivity index (χ2n) is 7.58. The molecule has 0 aliphatic carbocycles. The lowest BCUT2D eigenvalue weighted by Gasteiger charge is -2.38. The fraction of sp³-hybridized carbons (Fsp3) is 0.875. The summed E-state index contributed by atoms with van der Waals surface area (Å²) in [4.78, 5) is 30.1. The van der Waals surface area contributed by atoms with Crippen molar-refractivity contribution in [1.29, 1.82) is 0 Å². The molecular formula is C16H29N3O3. The molecule has 2 unspecified atom stereocenters. The Balaban J connectivity index is 1.84. The number of likely N-dealkylation sites (tertiary alicyclic amines) is 1. The van der Waals surface area contributed by atoms with Crippen molar-refractivity contribution in [2.24, 2.45) is 5.92 Å². The van der Waals surface area contributed by atoms with Crippen LogP contribution in [0.4, 0.5) is 9.59 Å². The maximum absolute atomic E-state index is 12.6. The zero-order chi connectivity index (χ0) is 16.5. The lowest BCUT2D eigenvalue weighted by Crippen LogP contribution is -2.55. The molecule has 6 nitrogen and oxygen atoms in total. The molecule has 22 heavy (non-hydrogen) atoms. The lowest BCUT2D eigenvalue weighted by atomic mass is 10.1. The number of hydrogen-bond acceptors (Lipinski definition) is 3. The molecule has 2 aliphatic rings. The van der Waals surface area contributed by atoms with Crippen LogP contribution in [-0.2, 0) is 4.74 Å². The highest BCUT2D eigenvalue weighted by molar-refractivity contribution is 5.76. The predicted octanol–water partition coefficient (Wildman–Crippen LogP) is 2.39. The van der Waals surface area contributed by atoms with Gasteiger partial charge in [0.25, 0.3) is 0 Å². The summed E-state index contributed by atoms with van der Waals surface area (Å²) >= 11 is 0. The fourth-order valence-corrected chi connectivity index (χ4v) is 3.15.